The van der Waals surface area contributed by atoms with E-state index in [1.54, 1.807) is 11.0 Å². The molecule has 3 rings (SSSR count). The largest absolute Gasteiger partial charge is 0.342 e. The Morgan fingerprint density at radius 3 is 2.56 bits per heavy atom. The average molecular weight is 310 g/mol. The molecule has 1 aromatic carbocycles. The van der Waals surface area contributed by atoms with Gasteiger partial charge in [-0.25, -0.2) is 9.67 Å². The third-order valence-electron chi connectivity index (χ3n) is 2.87. The lowest BCUT2D eigenvalue weighted by molar-refractivity contribution is -0.177. The minimum absolute atomic E-state index is 0.495. The minimum atomic E-state index is -0.756. The van der Waals surface area contributed by atoms with Gasteiger partial charge in [-0.3, -0.25) is 0 Å². The van der Waals surface area contributed by atoms with E-state index in [4.69, 9.17) is 9.47 Å². The predicted molar refractivity (Wildman–Crippen MR) is 67.7 cm³/mol. The zero-order valence-corrected chi connectivity index (χ0v) is 11.2. The minimum Gasteiger partial charge on any atom is -0.342 e. The van der Waals surface area contributed by atoms with Crippen LogP contribution in [0.3, 0.4) is 0 Å². The standard InChI is InChI=1S/C12H12BrN3O2/c13-11-3-1-10(2-4-11)12(17-5-6-18-12)7-16-9-14-8-15-16/h1-4,8-9H,5-7H2. The first-order valence-corrected chi connectivity index (χ1v) is 6.44. The van der Waals surface area contributed by atoms with Crippen LogP contribution in [0.5, 0.6) is 0 Å². The first kappa shape index (κ1) is 11.8. The van der Waals surface area contributed by atoms with E-state index in [2.05, 4.69) is 26.0 Å². The molecule has 0 amide bonds. The summed E-state index contributed by atoms with van der Waals surface area (Å²) in [5, 5.41) is 4.10. The molecule has 2 heterocycles. The monoisotopic (exact) mass is 309 g/mol. The summed E-state index contributed by atoms with van der Waals surface area (Å²) >= 11 is 3.42. The maximum Gasteiger partial charge on any atom is 0.215 e. The third-order valence-corrected chi connectivity index (χ3v) is 3.40. The summed E-state index contributed by atoms with van der Waals surface area (Å²) in [4.78, 5) is 3.94. The number of halogens is 1. The second-order valence-electron chi connectivity index (χ2n) is 4.05. The van der Waals surface area contributed by atoms with Crippen LogP contribution in [0.2, 0.25) is 0 Å². The van der Waals surface area contributed by atoms with Crippen molar-refractivity contribution in [2.45, 2.75) is 12.3 Å². The van der Waals surface area contributed by atoms with E-state index in [1.807, 2.05) is 24.3 Å². The quantitative estimate of drug-likeness (QED) is 0.869. The molecule has 0 atom stereocenters. The van der Waals surface area contributed by atoms with Crippen LogP contribution in [-0.4, -0.2) is 28.0 Å². The third kappa shape index (κ3) is 2.19. The van der Waals surface area contributed by atoms with Crippen molar-refractivity contribution < 1.29 is 9.47 Å². The first-order chi connectivity index (χ1) is 8.78. The van der Waals surface area contributed by atoms with Crippen molar-refractivity contribution in [3.63, 3.8) is 0 Å². The van der Waals surface area contributed by atoms with Crippen LogP contribution in [-0.2, 0) is 21.8 Å². The van der Waals surface area contributed by atoms with Crippen LogP contribution in [0.1, 0.15) is 5.56 Å². The van der Waals surface area contributed by atoms with Crippen molar-refractivity contribution in [3.8, 4) is 0 Å². The van der Waals surface area contributed by atoms with Crippen LogP contribution in [0, 0.1) is 0 Å². The molecule has 0 radical (unpaired) electrons. The number of hydrogen-bond donors (Lipinski definition) is 0. The fourth-order valence-corrected chi connectivity index (χ4v) is 2.30. The molecule has 1 aromatic heterocycles. The number of aromatic nitrogens is 3. The van der Waals surface area contributed by atoms with Gasteiger partial charge in [-0.1, -0.05) is 28.1 Å². The normalized spacial score (nSPS) is 18.1. The highest BCUT2D eigenvalue weighted by Crippen LogP contribution is 2.33. The van der Waals surface area contributed by atoms with E-state index >= 15 is 0 Å². The van der Waals surface area contributed by atoms with Crippen LogP contribution in [0.15, 0.2) is 41.4 Å². The molecule has 0 bridgehead atoms. The fraction of sp³-hybridized carbons (Fsp3) is 0.333. The number of benzene rings is 1. The summed E-state index contributed by atoms with van der Waals surface area (Å²) < 4.78 is 14.4. The molecule has 5 nitrogen and oxygen atoms in total. The Kier molecular flexibility index (Phi) is 3.15. The van der Waals surface area contributed by atoms with Crippen molar-refractivity contribution in [1.29, 1.82) is 0 Å². The SMILES string of the molecule is Brc1ccc(C2(Cn3cncn3)OCCO2)cc1. The van der Waals surface area contributed by atoms with Gasteiger partial charge in [-0.05, 0) is 12.1 Å². The van der Waals surface area contributed by atoms with E-state index in [9.17, 15) is 0 Å². The Bertz CT molecular complexity index is 507. The van der Waals surface area contributed by atoms with E-state index < -0.39 is 5.79 Å². The lowest BCUT2D eigenvalue weighted by Gasteiger charge is -2.27. The lowest BCUT2D eigenvalue weighted by atomic mass is 10.1. The van der Waals surface area contributed by atoms with Crippen molar-refractivity contribution in [1.82, 2.24) is 14.8 Å². The predicted octanol–water partition coefficient (Wildman–Crippen LogP) is 1.94. The van der Waals surface area contributed by atoms with E-state index in [0.29, 0.717) is 19.8 Å². The van der Waals surface area contributed by atoms with Crippen LogP contribution in [0.25, 0.3) is 0 Å². The van der Waals surface area contributed by atoms with Crippen LogP contribution < -0.4 is 0 Å². The molecule has 1 fully saturated rings. The first-order valence-electron chi connectivity index (χ1n) is 5.65. The van der Waals surface area contributed by atoms with Crippen molar-refractivity contribution in [2.75, 3.05) is 13.2 Å². The van der Waals surface area contributed by atoms with Gasteiger partial charge in [0.15, 0.2) is 0 Å². The molecule has 0 saturated carbocycles. The van der Waals surface area contributed by atoms with Gasteiger partial charge >= 0.3 is 0 Å². The summed E-state index contributed by atoms with van der Waals surface area (Å²) in [5.41, 5.74) is 0.985. The Morgan fingerprint density at radius 1 is 1.22 bits per heavy atom. The fourth-order valence-electron chi connectivity index (χ4n) is 2.04. The van der Waals surface area contributed by atoms with Gasteiger partial charge in [0.2, 0.25) is 5.79 Å². The molecule has 0 unspecified atom stereocenters. The Balaban J connectivity index is 1.93. The van der Waals surface area contributed by atoms with Gasteiger partial charge in [0.25, 0.3) is 0 Å². The zero-order valence-electron chi connectivity index (χ0n) is 9.62. The van der Waals surface area contributed by atoms with Crippen molar-refractivity contribution in [3.05, 3.63) is 47.0 Å². The zero-order chi connectivity index (χ0) is 12.4. The van der Waals surface area contributed by atoms with Crippen LogP contribution in [0.4, 0.5) is 0 Å². The lowest BCUT2D eigenvalue weighted by Crippen LogP contribution is -2.33. The molecule has 0 spiro atoms. The number of hydrogen-bond acceptors (Lipinski definition) is 4. The van der Waals surface area contributed by atoms with Crippen molar-refractivity contribution >= 4 is 15.9 Å². The van der Waals surface area contributed by atoms with E-state index in [0.717, 1.165) is 10.0 Å². The molecule has 2 aromatic rings. The summed E-state index contributed by atoms with van der Waals surface area (Å²) in [5.74, 6) is -0.756. The Hall–Kier alpha value is -1.24. The highest BCUT2D eigenvalue weighted by Gasteiger charge is 2.39. The van der Waals surface area contributed by atoms with Gasteiger partial charge in [0.05, 0.1) is 13.2 Å². The molecule has 0 aliphatic carbocycles. The van der Waals surface area contributed by atoms with E-state index in [-0.39, 0.29) is 0 Å². The molecule has 94 valence electrons. The summed E-state index contributed by atoms with van der Waals surface area (Å²) in [7, 11) is 0. The van der Waals surface area contributed by atoms with Gasteiger partial charge in [0, 0.05) is 10.0 Å². The molecular formula is C12H12BrN3O2. The molecule has 1 saturated heterocycles. The molecular weight excluding hydrogens is 298 g/mol. The Labute approximate surface area is 113 Å². The second-order valence-corrected chi connectivity index (χ2v) is 4.97. The van der Waals surface area contributed by atoms with Gasteiger partial charge in [-0.15, -0.1) is 0 Å². The maximum atomic E-state index is 5.81. The molecule has 1 aliphatic heterocycles. The summed E-state index contributed by atoms with van der Waals surface area (Å²) in [6, 6.07) is 7.94. The number of nitrogens with zero attached hydrogens (tertiary/aromatic N) is 3. The maximum absolute atomic E-state index is 5.81. The van der Waals surface area contributed by atoms with Gasteiger partial charge in [-0.2, -0.15) is 5.10 Å². The smallest absolute Gasteiger partial charge is 0.215 e. The molecule has 0 N–H and O–H groups in total. The summed E-state index contributed by atoms with van der Waals surface area (Å²) in [6.45, 7) is 1.67. The van der Waals surface area contributed by atoms with Crippen LogP contribution >= 0.6 is 15.9 Å². The second kappa shape index (κ2) is 4.79. The molecule has 18 heavy (non-hydrogen) atoms. The molecule has 6 heteroatoms. The number of rotatable bonds is 3. The van der Waals surface area contributed by atoms with Gasteiger partial charge < -0.3 is 9.47 Å². The highest BCUT2D eigenvalue weighted by atomic mass is 79.9. The summed E-state index contributed by atoms with van der Waals surface area (Å²) in [6.07, 6.45) is 3.16. The molecule has 1 aliphatic rings. The Morgan fingerprint density at radius 2 is 1.94 bits per heavy atom. The van der Waals surface area contributed by atoms with Crippen molar-refractivity contribution in [2.24, 2.45) is 0 Å². The topological polar surface area (TPSA) is 49.2 Å². The number of ether oxygens (including phenoxy) is 2. The van der Waals surface area contributed by atoms with E-state index in [1.165, 1.54) is 6.33 Å². The van der Waals surface area contributed by atoms with Gasteiger partial charge in [0.1, 0.15) is 19.2 Å². The average Bonchev–Trinajstić information content (AvgIpc) is 3.03. The highest BCUT2D eigenvalue weighted by molar-refractivity contribution is 9.10.